The van der Waals surface area contributed by atoms with Crippen LogP contribution in [0, 0.1) is 5.92 Å². The minimum absolute atomic E-state index is 0.0165. The Hall–Kier alpha value is -0.490. The summed E-state index contributed by atoms with van der Waals surface area (Å²) in [6, 6.07) is 0. The van der Waals surface area contributed by atoms with Crippen molar-refractivity contribution in [3.8, 4) is 0 Å². The number of methoxy groups -OCH3 is 2. The topological polar surface area (TPSA) is 54.0 Å². The number of Topliss-reactive ketones (excluding diaryl/α,β-unsaturated/α-hetero) is 1. The molecule has 0 N–H and O–H groups in total. The van der Waals surface area contributed by atoms with Crippen molar-refractivity contribution in [1.82, 2.24) is 0 Å². The number of rotatable bonds is 2. The fourth-order valence-electron chi connectivity index (χ4n) is 2.66. The molecule has 0 aromatic carbocycles. The van der Waals surface area contributed by atoms with Gasteiger partial charge in [-0.2, -0.15) is 0 Å². The van der Waals surface area contributed by atoms with Crippen LogP contribution in [0.3, 0.4) is 0 Å². The van der Waals surface area contributed by atoms with E-state index in [-0.39, 0.29) is 23.9 Å². The van der Waals surface area contributed by atoms with E-state index < -0.39 is 11.6 Å². The van der Waals surface area contributed by atoms with Crippen LogP contribution in [-0.4, -0.2) is 43.8 Å². The first-order valence-corrected chi connectivity index (χ1v) is 6.34. The van der Waals surface area contributed by atoms with E-state index in [9.17, 15) is 4.79 Å². The van der Waals surface area contributed by atoms with Crippen molar-refractivity contribution in [1.29, 1.82) is 0 Å². The van der Waals surface area contributed by atoms with E-state index in [1.807, 2.05) is 6.92 Å². The molecule has 5 heteroatoms. The summed E-state index contributed by atoms with van der Waals surface area (Å²) in [6.07, 6.45) is 0.681. The molecule has 2 aliphatic rings. The van der Waals surface area contributed by atoms with E-state index >= 15 is 0 Å². The minimum atomic E-state index is -1.01. The van der Waals surface area contributed by atoms with Crippen LogP contribution in [-0.2, 0) is 23.7 Å². The Morgan fingerprint density at radius 2 is 1.61 bits per heavy atom. The summed E-state index contributed by atoms with van der Waals surface area (Å²) in [5.74, 6) is -1.74. The summed E-state index contributed by atoms with van der Waals surface area (Å²) >= 11 is 0. The van der Waals surface area contributed by atoms with Crippen molar-refractivity contribution in [2.45, 2.75) is 57.4 Å². The zero-order valence-electron chi connectivity index (χ0n) is 11.7. The van der Waals surface area contributed by atoms with Gasteiger partial charge in [-0.15, -0.1) is 0 Å². The number of carbonyl (C=O) groups is 1. The normalized spacial score (nSPS) is 48.9. The van der Waals surface area contributed by atoms with Crippen molar-refractivity contribution < 1.29 is 23.7 Å². The number of carbonyl (C=O) groups excluding carboxylic acids is 1. The summed E-state index contributed by atoms with van der Waals surface area (Å²) in [7, 11) is 3.12. The fraction of sp³-hybridized carbons (Fsp3) is 0.923. The average Bonchev–Trinajstić information content (AvgIpc) is 2.33. The number of ether oxygens (including phenoxy) is 4. The van der Waals surface area contributed by atoms with E-state index in [4.69, 9.17) is 18.9 Å². The molecule has 0 amide bonds. The molecule has 0 radical (unpaired) electrons. The van der Waals surface area contributed by atoms with Gasteiger partial charge in [0, 0.05) is 26.6 Å². The fourth-order valence-corrected chi connectivity index (χ4v) is 2.66. The summed E-state index contributed by atoms with van der Waals surface area (Å²) in [4.78, 5) is 11.8. The Morgan fingerprint density at radius 3 is 2.11 bits per heavy atom. The molecule has 0 bridgehead atoms. The molecule has 0 spiro atoms. The predicted octanol–water partition coefficient (Wildman–Crippen LogP) is 1.49. The molecule has 2 fully saturated rings. The lowest BCUT2D eigenvalue weighted by atomic mass is 9.83. The molecule has 18 heavy (non-hydrogen) atoms. The van der Waals surface area contributed by atoms with Crippen LogP contribution >= 0.6 is 0 Å². The quantitative estimate of drug-likeness (QED) is 0.751. The Morgan fingerprint density at radius 1 is 1.11 bits per heavy atom. The second-order valence-corrected chi connectivity index (χ2v) is 5.42. The van der Waals surface area contributed by atoms with Gasteiger partial charge in [0.15, 0.2) is 0 Å². The average molecular weight is 258 g/mol. The van der Waals surface area contributed by atoms with E-state index in [0.29, 0.717) is 12.8 Å². The maximum absolute atomic E-state index is 11.8. The predicted molar refractivity (Wildman–Crippen MR) is 64.0 cm³/mol. The molecule has 5 nitrogen and oxygen atoms in total. The first kappa shape index (κ1) is 13.9. The highest BCUT2D eigenvalue weighted by atomic mass is 16.8. The monoisotopic (exact) mass is 258 g/mol. The van der Waals surface area contributed by atoms with Crippen LogP contribution in [0.25, 0.3) is 0 Å². The minimum Gasteiger partial charge on any atom is -0.349 e. The van der Waals surface area contributed by atoms with Gasteiger partial charge < -0.3 is 18.9 Å². The standard InChI is InChI=1S/C13H22O5/c1-8-6-10-11(7-9(8)14)18-13(3,16-5)12(2,15-4)17-10/h8,10-11H,6-7H2,1-5H3/t8-,10-,11-,12+,13+/m1/s1. The zero-order valence-corrected chi connectivity index (χ0v) is 11.7. The molecule has 1 aliphatic heterocycles. The van der Waals surface area contributed by atoms with Gasteiger partial charge in [-0.1, -0.05) is 6.92 Å². The smallest absolute Gasteiger partial charge is 0.220 e. The van der Waals surface area contributed by atoms with Gasteiger partial charge in [0.25, 0.3) is 0 Å². The Labute approximate surface area is 108 Å². The van der Waals surface area contributed by atoms with E-state index in [2.05, 4.69) is 0 Å². The van der Waals surface area contributed by atoms with Crippen molar-refractivity contribution in [3.05, 3.63) is 0 Å². The second kappa shape index (κ2) is 4.56. The van der Waals surface area contributed by atoms with E-state index in [1.54, 1.807) is 28.1 Å². The molecule has 1 aliphatic carbocycles. The molecule has 5 atom stereocenters. The highest BCUT2D eigenvalue weighted by Crippen LogP contribution is 2.43. The van der Waals surface area contributed by atoms with E-state index in [1.165, 1.54) is 0 Å². The summed E-state index contributed by atoms with van der Waals surface area (Å²) < 4.78 is 22.8. The third-order valence-corrected chi connectivity index (χ3v) is 4.31. The highest BCUT2D eigenvalue weighted by molar-refractivity contribution is 5.82. The third-order valence-electron chi connectivity index (χ3n) is 4.31. The van der Waals surface area contributed by atoms with Crippen LogP contribution in [0.1, 0.15) is 33.6 Å². The largest absolute Gasteiger partial charge is 0.349 e. The van der Waals surface area contributed by atoms with Gasteiger partial charge in [-0.3, -0.25) is 4.79 Å². The first-order valence-electron chi connectivity index (χ1n) is 6.34. The van der Waals surface area contributed by atoms with Crippen LogP contribution in [0.5, 0.6) is 0 Å². The maximum atomic E-state index is 11.8. The summed E-state index contributed by atoms with van der Waals surface area (Å²) in [5, 5.41) is 0. The Balaban J connectivity index is 2.23. The Kier molecular flexibility index (Phi) is 3.53. The van der Waals surface area contributed by atoms with Crippen molar-refractivity contribution in [2.24, 2.45) is 5.92 Å². The highest BCUT2D eigenvalue weighted by Gasteiger charge is 2.58. The SMILES string of the molecule is CO[C@@]1(C)O[C@@H]2CC(=O)[C@H](C)C[C@H]2O[C@]1(C)OC. The van der Waals surface area contributed by atoms with Crippen LogP contribution in [0.15, 0.2) is 0 Å². The van der Waals surface area contributed by atoms with Gasteiger partial charge in [0.2, 0.25) is 11.6 Å². The van der Waals surface area contributed by atoms with Crippen LogP contribution in [0.2, 0.25) is 0 Å². The van der Waals surface area contributed by atoms with Crippen molar-refractivity contribution in [2.75, 3.05) is 14.2 Å². The molecule has 1 saturated heterocycles. The molecular weight excluding hydrogens is 236 g/mol. The molecule has 104 valence electrons. The lowest BCUT2D eigenvalue weighted by Gasteiger charge is -2.53. The van der Waals surface area contributed by atoms with Crippen LogP contribution in [0.4, 0.5) is 0 Å². The lowest BCUT2D eigenvalue weighted by molar-refractivity contribution is -0.449. The number of ketones is 1. The molecule has 2 rings (SSSR count). The van der Waals surface area contributed by atoms with Crippen molar-refractivity contribution in [3.63, 3.8) is 0 Å². The van der Waals surface area contributed by atoms with Crippen molar-refractivity contribution >= 4 is 5.78 Å². The zero-order chi connectivity index (χ0) is 13.6. The first-order chi connectivity index (χ1) is 8.35. The number of hydrogen-bond acceptors (Lipinski definition) is 5. The molecule has 0 unspecified atom stereocenters. The molecule has 0 aromatic heterocycles. The Bertz CT molecular complexity index is 344. The number of hydrogen-bond donors (Lipinski definition) is 0. The van der Waals surface area contributed by atoms with Gasteiger partial charge >= 0.3 is 0 Å². The van der Waals surface area contributed by atoms with Gasteiger partial charge in [-0.25, -0.2) is 0 Å². The second-order valence-electron chi connectivity index (χ2n) is 5.42. The number of fused-ring (bicyclic) bond motifs is 1. The molecular formula is C13H22O5. The van der Waals surface area contributed by atoms with Gasteiger partial charge in [-0.05, 0) is 20.3 Å². The summed E-state index contributed by atoms with van der Waals surface area (Å²) in [6.45, 7) is 5.50. The van der Waals surface area contributed by atoms with E-state index in [0.717, 1.165) is 0 Å². The summed E-state index contributed by atoms with van der Waals surface area (Å²) in [5.41, 5.74) is 0. The van der Waals surface area contributed by atoms with Gasteiger partial charge in [0.1, 0.15) is 5.78 Å². The van der Waals surface area contributed by atoms with Gasteiger partial charge in [0.05, 0.1) is 12.2 Å². The molecule has 0 aromatic rings. The maximum Gasteiger partial charge on any atom is 0.220 e. The third kappa shape index (κ3) is 1.99. The van der Waals surface area contributed by atoms with Crippen LogP contribution < -0.4 is 0 Å². The molecule has 1 saturated carbocycles. The lowest BCUT2D eigenvalue weighted by Crippen LogP contribution is -2.66. The molecule has 1 heterocycles.